The maximum atomic E-state index is 13.1. The number of carbonyl (C=O) groups is 1. The molecule has 0 radical (unpaired) electrons. The van der Waals surface area contributed by atoms with Crippen LogP contribution < -0.4 is 4.74 Å². The first-order valence-electron chi connectivity index (χ1n) is 6.53. The van der Waals surface area contributed by atoms with Crippen LogP contribution in [0, 0.1) is 5.82 Å². The van der Waals surface area contributed by atoms with Gasteiger partial charge in [0.25, 0.3) is 0 Å². The zero-order valence-electron chi connectivity index (χ0n) is 10.6. The first-order valence-corrected chi connectivity index (χ1v) is 6.53. The molecule has 0 bridgehead atoms. The van der Waals surface area contributed by atoms with Gasteiger partial charge in [-0.2, -0.15) is 0 Å². The fraction of sp³-hybridized carbons (Fsp3) is 0.400. The van der Waals surface area contributed by atoms with E-state index in [1.807, 2.05) is 6.08 Å². The second-order valence-electron chi connectivity index (χ2n) is 4.67. The molecule has 1 N–H and O–H groups in total. The first-order chi connectivity index (χ1) is 9.16. The number of carboxylic acid groups (broad SMARTS) is 1. The average Bonchev–Trinajstić information content (AvgIpc) is 2.34. The summed E-state index contributed by atoms with van der Waals surface area (Å²) in [5.74, 6) is -1.52. The zero-order valence-corrected chi connectivity index (χ0v) is 10.6. The van der Waals surface area contributed by atoms with Crippen LogP contribution in [0.3, 0.4) is 0 Å². The monoisotopic (exact) mass is 264 g/mol. The highest BCUT2D eigenvalue weighted by Gasteiger charge is 2.16. The number of hydrogen-bond acceptors (Lipinski definition) is 2. The van der Waals surface area contributed by atoms with Gasteiger partial charge in [0.1, 0.15) is 23.2 Å². The predicted octanol–water partition coefficient (Wildman–Crippen LogP) is 3.79. The second-order valence-corrected chi connectivity index (χ2v) is 4.67. The van der Waals surface area contributed by atoms with Crippen molar-refractivity contribution in [2.45, 2.75) is 38.2 Å². The lowest BCUT2D eigenvalue weighted by Crippen LogP contribution is -2.16. The van der Waals surface area contributed by atoms with Crippen molar-refractivity contribution in [1.82, 2.24) is 0 Å². The number of carboxylic acids is 1. The molecule has 1 aromatic rings. The summed E-state index contributed by atoms with van der Waals surface area (Å²) in [6.45, 7) is 0. The lowest BCUT2D eigenvalue weighted by Gasteiger charge is -2.18. The predicted molar refractivity (Wildman–Crippen MR) is 70.0 cm³/mol. The molecule has 0 aliphatic heterocycles. The molecule has 3 nitrogen and oxygen atoms in total. The summed E-state index contributed by atoms with van der Waals surface area (Å²) >= 11 is 0. The van der Waals surface area contributed by atoms with E-state index in [-0.39, 0.29) is 17.4 Å². The zero-order chi connectivity index (χ0) is 13.7. The van der Waals surface area contributed by atoms with Crippen LogP contribution in [0.5, 0.6) is 5.75 Å². The summed E-state index contributed by atoms with van der Waals surface area (Å²) in [5.41, 5.74) is -0.129. The number of halogens is 1. The summed E-state index contributed by atoms with van der Waals surface area (Å²) < 4.78 is 18.8. The smallest absolute Gasteiger partial charge is 0.339 e. The molecule has 0 saturated carbocycles. The molecule has 2 rings (SSSR count). The fourth-order valence-electron chi connectivity index (χ4n) is 2.16. The second kappa shape index (κ2) is 6.36. The Balaban J connectivity index is 2.17. The standard InChI is InChI=1S/C15H17FO3/c16-11-8-9-14(13(10-11)15(17)18)19-12-6-4-2-1-3-5-7-12/h4,6,8-10,12H,1-3,5,7H2,(H,17,18)/b6-4+. The van der Waals surface area contributed by atoms with Crippen molar-refractivity contribution in [1.29, 1.82) is 0 Å². The van der Waals surface area contributed by atoms with Crippen molar-refractivity contribution in [3.05, 3.63) is 41.7 Å². The Kier molecular flexibility index (Phi) is 4.55. The SMILES string of the molecule is O=C(O)c1cc(F)ccc1OC1/C=C/CCCCC1. The van der Waals surface area contributed by atoms with Crippen LogP contribution in [0.4, 0.5) is 4.39 Å². The molecule has 102 valence electrons. The van der Waals surface area contributed by atoms with Crippen LogP contribution in [0.15, 0.2) is 30.4 Å². The van der Waals surface area contributed by atoms with E-state index in [4.69, 9.17) is 9.84 Å². The van der Waals surface area contributed by atoms with E-state index in [1.165, 1.54) is 18.6 Å². The van der Waals surface area contributed by atoms with Crippen molar-refractivity contribution in [3.8, 4) is 5.75 Å². The lowest BCUT2D eigenvalue weighted by molar-refractivity contribution is 0.0689. The normalized spacial score (nSPS) is 21.2. The number of allylic oxidation sites excluding steroid dienone is 1. The van der Waals surface area contributed by atoms with Crippen molar-refractivity contribution in [2.24, 2.45) is 0 Å². The Morgan fingerprint density at radius 3 is 2.95 bits per heavy atom. The minimum absolute atomic E-state index is 0.129. The average molecular weight is 264 g/mol. The van der Waals surface area contributed by atoms with Crippen LogP contribution in [-0.4, -0.2) is 17.2 Å². The van der Waals surface area contributed by atoms with Gasteiger partial charge >= 0.3 is 5.97 Å². The van der Waals surface area contributed by atoms with E-state index >= 15 is 0 Å². The summed E-state index contributed by atoms with van der Waals surface area (Å²) in [6.07, 6.45) is 9.16. The van der Waals surface area contributed by atoms with Crippen LogP contribution in [0.1, 0.15) is 42.5 Å². The third-order valence-corrected chi connectivity index (χ3v) is 3.16. The molecule has 0 amide bonds. The maximum absolute atomic E-state index is 13.1. The molecule has 19 heavy (non-hydrogen) atoms. The van der Waals surface area contributed by atoms with Crippen LogP contribution in [0.2, 0.25) is 0 Å². The molecule has 0 saturated heterocycles. The van der Waals surface area contributed by atoms with Gasteiger partial charge in [0.2, 0.25) is 0 Å². The Hall–Kier alpha value is -1.84. The molecule has 0 spiro atoms. The molecule has 4 heteroatoms. The third kappa shape index (κ3) is 3.81. The first kappa shape index (κ1) is 13.6. The minimum Gasteiger partial charge on any atom is -0.485 e. The molecular formula is C15H17FO3. The number of hydrogen-bond donors (Lipinski definition) is 1. The van der Waals surface area contributed by atoms with Crippen molar-refractivity contribution in [2.75, 3.05) is 0 Å². The fourth-order valence-corrected chi connectivity index (χ4v) is 2.16. The largest absolute Gasteiger partial charge is 0.485 e. The van der Waals surface area contributed by atoms with Gasteiger partial charge in [-0.15, -0.1) is 0 Å². The Morgan fingerprint density at radius 2 is 2.16 bits per heavy atom. The third-order valence-electron chi connectivity index (χ3n) is 3.16. The van der Waals surface area contributed by atoms with E-state index in [1.54, 1.807) is 0 Å². The molecule has 1 aromatic carbocycles. The van der Waals surface area contributed by atoms with Crippen molar-refractivity contribution in [3.63, 3.8) is 0 Å². The summed E-state index contributed by atoms with van der Waals surface area (Å²) in [4.78, 5) is 11.1. The van der Waals surface area contributed by atoms with Gasteiger partial charge in [0, 0.05) is 0 Å². The number of rotatable bonds is 3. The molecule has 0 heterocycles. The van der Waals surface area contributed by atoms with Gasteiger partial charge in [-0.05, 0) is 50.0 Å². The minimum atomic E-state index is -1.18. The molecule has 1 aliphatic rings. The van der Waals surface area contributed by atoms with E-state index in [0.29, 0.717) is 0 Å². The van der Waals surface area contributed by atoms with Gasteiger partial charge in [0.15, 0.2) is 0 Å². The molecule has 1 aliphatic carbocycles. The van der Waals surface area contributed by atoms with Crippen molar-refractivity contribution >= 4 is 5.97 Å². The number of benzene rings is 1. The topological polar surface area (TPSA) is 46.5 Å². The van der Waals surface area contributed by atoms with Crippen LogP contribution in [0.25, 0.3) is 0 Å². The Bertz CT molecular complexity index is 482. The molecule has 0 aromatic heterocycles. The molecule has 1 unspecified atom stereocenters. The van der Waals surface area contributed by atoms with E-state index in [9.17, 15) is 9.18 Å². The lowest BCUT2D eigenvalue weighted by atomic mass is 10.0. The Labute approximate surface area is 111 Å². The molecule has 0 fully saturated rings. The van der Waals surface area contributed by atoms with Gasteiger partial charge in [-0.25, -0.2) is 9.18 Å². The molecule has 1 atom stereocenters. The highest BCUT2D eigenvalue weighted by atomic mass is 19.1. The maximum Gasteiger partial charge on any atom is 0.339 e. The number of ether oxygens (including phenoxy) is 1. The van der Waals surface area contributed by atoms with E-state index in [0.717, 1.165) is 31.7 Å². The molecular weight excluding hydrogens is 247 g/mol. The quantitative estimate of drug-likeness (QED) is 0.845. The van der Waals surface area contributed by atoms with Crippen LogP contribution in [-0.2, 0) is 0 Å². The van der Waals surface area contributed by atoms with E-state index < -0.39 is 11.8 Å². The Morgan fingerprint density at radius 1 is 1.32 bits per heavy atom. The van der Waals surface area contributed by atoms with E-state index in [2.05, 4.69) is 6.08 Å². The van der Waals surface area contributed by atoms with Gasteiger partial charge in [-0.3, -0.25) is 0 Å². The number of aromatic carboxylic acids is 1. The van der Waals surface area contributed by atoms with Gasteiger partial charge in [-0.1, -0.05) is 12.5 Å². The van der Waals surface area contributed by atoms with Gasteiger partial charge in [0.05, 0.1) is 0 Å². The van der Waals surface area contributed by atoms with Crippen molar-refractivity contribution < 1.29 is 19.0 Å². The van der Waals surface area contributed by atoms with Crippen LogP contribution >= 0.6 is 0 Å². The summed E-state index contributed by atoms with van der Waals surface area (Å²) in [6, 6.07) is 3.59. The summed E-state index contributed by atoms with van der Waals surface area (Å²) in [5, 5.41) is 9.06. The highest BCUT2D eigenvalue weighted by Crippen LogP contribution is 2.23. The summed E-state index contributed by atoms with van der Waals surface area (Å²) in [7, 11) is 0. The van der Waals surface area contributed by atoms with Gasteiger partial charge < -0.3 is 9.84 Å². The highest BCUT2D eigenvalue weighted by molar-refractivity contribution is 5.90.